The largest absolute Gasteiger partial charge is 0.340 e. The highest BCUT2D eigenvalue weighted by Crippen LogP contribution is 2.19. The van der Waals surface area contributed by atoms with Crippen LogP contribution >= 0.6 is 0 Å². The molecule has 0 saturated carbocycles. The first-order chi connectivity index (χ1) is 9.63. The fourth-order valence-electron chi connectivity index (χ4n) is 2.66. The minimum Gasteiger partial charge on any atom is -0.340 e. The molecular formula is C13H20N6O. The third-order valence-electron chi connectivity index (χ3n) is 3.91. The van der Waals surface area contributed by atoms with Crippen molar-refractivity contribution in [3.05, 3.63) is 16.2 Å². The molecule has 1 N–H and O–H groups in total. The zero-order valence-electron chi connectivity index (χ0n) is 12.2. The molecule has 2 aromatic rings. The molecule has 0 bridgehead atoms. The van der Waals surface area contributed by atoms with Crippen LogP contribution in [-0.4, -0.2) is 45.3 Å². The summed E-state index contributed by atoms with van der Waals surface area (Å²) in [6.07, 6.45) is 0. The molecule has 0 atom stereocenters. The van der Waals surface area contributed by atoms with E-state index in [1.807, 2.05) is 18.4 Å². The molecule has 1 saturated heterocycles. The van der Waals surface area contributed by atoms with Crippen LogP contribution in [0.25, 0.3) is 11.2 Å². The van der Waals surface area contributed by atoms with E-state index in [0.29, 0.717) is 17.0 Å². The molecule has 0 spiro atoms. The highest BCUT2D eigenvalue weighted by Gasteiger charge is 2.21. The predicted octanol–water partition coefficient (Wildman–Crippen LogP) is -0.132. The fraction of sp³-hybridized carbons (Fsp3) is 0.615. The molecule has 1 fully saturated rings. The topological polar surface area (TPSA) is 68.0 Å². The highest BCUT2D eigenvalue weighted by molar-refractivity contribution is 5.74. The number of anilines is 1. The number of hydrogen-bond donors (Lipinski definition) is 1. The van der Waals surface area contributed by atoms with E-state index in [1.165, 1.54) is 0 Å². The van der Waals surface area contributed by atoms with Crippen molar-refractivity contribution in [2.75, 3.05) is 31.1 Å². The smallest absolute Gasteiger partial charge is 0.279 e. The van der Waals surface area contributed by atoms with Crippen LogP contribution in [0.2, 0.25) is 0 Å². The summed E-state index contributed by atoms with van der Waals surface area (Å²) in [5.41, 5.74) is 1.14. The van der Waals surface area contributed by atoms with E-state index in [0.717, 1.165) is 38.7 Å². The van der Waals surface area contributed by atoms with E-state index in [4.69, 9.17) is 0 Å². The minimum absolute atomic E-state index is 0.0248. The first-order valence-corrected chi connectivity index (χ1v) is 7.03. The molecule has 7 nitrogen and oxygen atoms in total. The summed E-state index contributed by atoms with van der Waals surface area (Å²) in [7, 11) is 1.75. The molecule has 0 aromatic carbocycles. The molecule has 0 amide bonds. The number of piperazine rings is 1. The second kappa shape index (κ2) is 4.90. The van der Waals surface area contributed by atoms with Gasteiger partial charge in [-0.25, -0.2) is 4.98 Å². The third kappa shape index (κ3) is 1.89. The van der Waals surface area contributed by atoms with Gasteiger partial charge in [-0.2, -0.15) is 4.98 Å². The number of rotatable bonds is 2. The molecule has 1 aliphatic rings. The van der Waals surface area contributed by atoms with Gasteiger partial charge in [0.15, 0.2) is 11.2 Å². The Labute approximate surface area is 117 Å². The monoisotopic (exact) mass is 276 g/mol. The van der Waals surface area contributed by atoms with Gasteiger partial charge >= 0.3 is 0 Å². The van der Waals surface area contributed by atoms with Crippen LogP contribution in [0.4, 0.5) is 5.95 Å². The zero-order valence-corrected chi connectivity index (χ0v) is 12.2. The second-order valence-corrected chi connectivity index (χ2v) is 5.09. The van der Waals surface area contributed by atoms with Gasteiger partial charge in [0.2, 0.25) is 5.95 Å². The summed E-state index contributed by atoms with van der Waals surface area (Å²) in [5, 5.41) is 3.33. The lowest BCUT2D eigenvalue weighted by molar-refractivity contribution is 0.569. The number of hydrogen-bond acceptors (Lipinski definition) is 5. The SMILES string of the molecule is CCn1c(N2CCNCC2)nc2nc(C)n(C)c(=O)c21. The molecule has 0 unspecified atom stereocenters. The Morgan fingerprint density at radius 1 is 1.25 bits per heavy atom. The lowest BCUT2D eigenvalue weighted by atomic mass is 10.4. The average molecular weight is 276 g/mol. The van der Waals surface area contributed by atoms with Crippen molar-refractivity contribution in [2.45, 2.75) is 20.4 Å². The molecule has 0 radical (unpaired) electrons. The summed E-state index contributed by atoms with van der Waals surface area (Å²) in [6.45, 7) is 8.28. The molecule has 2 aromatic heterocycles. The molecule has 0 aliphatic carbocycles. The number of fused-ring (bicyclic) bond motifs is 1. The number of aromatic nitrogens is 4. The first kappa shape index (κ1) is 13.1. The number of aryl methyl sites for hydroxylation is 2. The van der Waals surface area contributed by atoms with Crippen molar-refractivity contribution in [3.63, 3.8) is 0 Å². The van der Waals surface area contributed by atoms with Crippen LogP contribution in [0.5, 0.6) is 0 Å². The second-order valence-electron chi connectivity index (χ2n) is 5.09. The summed E-state index contributed by atoms with van der Waals surface area (Å²) in [4.78, 5) is 23.7. The molecule has 1 aliphatic heterocycles. The number of nitrogens with zero attached hydrogens (tertiary/aromatic N) is 5. The maximum atomic E-state index is 12.5. The van der Waals surface area contributed by atoms with Crippen molar-refractivity contribution in [1.29, 1.82) is 0 Å². The van der Waals surface area contributed by atoms with Crippen molar-refractivity contribution in [3.8, 4) is 0 Å². The lowest BCUT2D eigenvalue weighted by Crippen LogP contribution is -2.44. The van der Waals surface area contributed by atoms with Gasteiger partial charge in [-0.05, 0) is 13.8 Å². The van der Waals surface area contributed by atoms with Crippen LogP contribution in [-0.2, 0) is 13.6 Å². The van der Waals surface area contributed by atoms with Gasteiger partial charge in [0, 0.05) is 39.8 Å². The van der Waals surface area contributed by atoms with E-state index in [9.17, 15) is 4.79 Å². The van der Waals surface area contributed by atoms with Crippen LogP contribution < -0.4 is 15.8 Å². The number of nitrogens with one attached hydrogen (secondary N) is 1. The van der Waals surface area contributed by atoms with Gasteiger partial charge in [0.1, 0.15) is 5.82 Å². The summed E-state index contributed by atoms with van der Waals surface area (Å²) in [5.74, 6) is 1.55. The molecule has 3 heterocycles. The Kier molecular flexibility index (Phi) is 3.21. The van der Waals surface area contributed by atoms with Crippen molar-refractivity contribution < 1.29 is 0 Å². The number of imidazole rings is 1. The quantitative estimate of drug-likeness (QED) is 0.827. The standard InChI is InChI=1S/C13H20N6O/c1-4-19-10-11(15-9(2)17(3)12(10)20)16-13(19)18-7-5-14-6-8-18/h14H,4-8H2,1-3H3. The highest BCUT2D eigenvalue weighted by atomic mass is 16.1. The lowest BCUT2D eigenvalue weighted by Gasteiger charge is -2.28. The molecule has 20 heavy (non-hydrogen) atoms. The summed E-state index contributed by atoms with van der Waals surface area (Å²) in [6, 6.07) is 0. The van der Waals surface area contributed by atoms with Gasteiger partial charge in [0.25, 0.3) is 5.56 Å². The molecule has 3 rings (SSSR count). The van der Waals surface area contributed by atoms with Gasteiger partial charge in [-0.15, -0.1) is 0 Å². The Hall–Kier alpha value is -1.89. The summed E-state index contributed by atoms with van der Waals surface area (Å²) < 4.78 is 3.56. The Bertz CT molecular complexity index is 695. The van der Waals surface area contributed by atoms with Crippen LogP contribution in [0.3, 0.4) is 0 Å². The Balaban J connectivity index is 2.23. The van der Waals surface area contributed by atoms with Crippen molar-refractivity contribution in [2.24, 2.45) is 7.05 Å². The Morgan fingerprint density at radius 3 is 2.60 bits per heavy atom. The Morgan fingerprint density at radius 2 is 1.95 bits per heavy atom. The van der Waals surface area contributed by atoms with Crippen LogP contribution in [0.15, 0.2) is 4.79 Å². The zero-order chi connectivity index (χ0) is 14.3. The van der Waals surface area contributed by atoms with E-state index in [-0.39, 0.29) is 5.56 Å². The van der Waals surface area contributed by atoms with Gasteiger partial charge in [-0.1, -0.05) is 0 Å². The fourth-order valence-corrected chi connectivity index (χ4v) is 2.66. The average Bonchev–Trinajstić information content (AvgIpc) is 2.84. The van der Waals surface area contributed by atoms with E-state index in [1.54, 1.807) is 11.6 Å². The van der Waals surface area contributed by atoms with E-state index < -0.39 is 0 Å². The van der Waals surface area contributed by atoms with Gasteiger partial charge in [-0.3, -0.25) is 9.36 Å². The first-order valence-electron chi connectivity index (χ1n) is 7.03. The normalized spacial score (nSPS) is 16.1. The van der Waals surface area contributed by atoms with Crippen molar-refractivity contribution in [1.82, 2.24) is 24.4 Å². The van der Waals surface area contributed by atoms with Gasteiger partial charge in [0.05, 0.1) is 0 Å². The van der Waals surface area contributed by atoms with Gasteiger partial charge < -0.3 is 14.8 Å². The predicted molar refractivity (Wildman–Crippen MR) is 78.3 cm³/mol. The summed E-state index contributed by atoms with van der Waals surface area (Å²) >= 11 is 0. The molecule has 108 valence electrons. The van der Waals surface area contributed by atoms with Crippen LogP contribution in [0, 0.1) is 6.92 Å². The minimum atomic E-state index is -0.0248. The van der Waals surface area contributed by atoms with E-state index in [2.05, 4.69) is 20.2 Å². The van der Waals surface area contributed by atoms with E-state index >= 15 is 0 Å². The maximum absolute atomic E-state index is 12.5. The third-order valence-corrected chi connectivity index (χ3v) is 3.91. The van der Waals surface area contributed by atoms with Crippen molar-refractivity contribution >= 4 is 17.1 Å². The molecule has 7 heteroatoms. The van der Waals surface area contributed by atoms with Crippen LogP contribution in [0.1, 0.15) is 12.7 Å². The molecular weight excluding hydrogens is 256 g/mol. The maximum Gasteiger partial charge on any atom is 0.279 e.